The molecule has 3 heteroatoms. The Kier molecular flexibility index (Phi) is 3.49. The highest BCUT2D eigenvalue weighted by Crippen LogP contribution is 2.53. The van der Waals surface area contributed by atoms with Crippen LogP contribution in [0.15, 0.2) is 0 Å². The minimum atomic E-state index is -1.69. The minimum absolute atomic E-state index is 0.0274. The maximum Gasteiger partial charge on any atom is 0.192 e. The topological polar surface area (TPSA) is 18.5 Å². The van der Waals surface area contributed by atoms with Crippen LogP contribution in [0, 0.1) is 11.8 Å². The van der Waals surface area contributed by atoms with E-state index in [2.05, 4.69) is 47.7 Å². The average molecular weight is 270 g/mol. The zero-order chi connectivity index (χ0) is 13.8. The quantitative estimate of drug-likeness (QED) is 0.715. The average Bonchev–Trinajstić information content (AvgIpc) is 2.68. The minimum Gasteiger partial charge on any atom is -0.411 e. The van der Waals surface area contributed by atoms with Gasteiger partial charge < -0.3 is 9.16 Å². The summed E-state index contributed by atoms with van der Waals surface area (Å²) in [6, 6.07) is 0. The van der Waals surface area contributed by atoms with Crippen molar-refractivity contribution in [2.24, 2.45) is 11.8 Å². The van der Waals surface area contributed by atoms with E-state index in [0.717, 1.165) is 18.9 Å². The third-order valence-electron chi connectivity index (χ3n) is 5.70. The fourth-order valence-electron chi connectivity index (χ4n) is 3.29. The molecule has 0 aromatic carbocycles. The van der Waals surface area contributed by atoms with E-state index in [1.807, 2.05) is 0 Å². The molecular formula is C15H30O2Si. The largest absolute Gasteiger partial charge is 0.411 e. The summed E-state index contributed by atoms with van der Waals surface area (Å²) in [4.78, 5) is 0. The summed E-state index contributed by atoms with van der Waals surface area (Å²) in [5, 5.41) is 0.285. The third kappa shape index (κ3) is 2.08. The standard InChI is InChI=1S/C15H30O2Si/c1-8-15-9-11(2)12(10-16-15)13(15)17-18(6,7)14(3,4)5/h11-13H,8-10H2,1-7H3/t11-,12+,13+,15+/m1/s1. The lowest BCUT2D eigenvalue weighted by Crippen LogP contribution is -2.49. The van der Waals surface area contributed by atoms with Gasteiger partial charge in [-0.05, 0) is 36.9 Å². The highest BCUT2D eigenvalue weighted by Gasteiger charge is 2.60. The monoisotopic (exact) mass is 270 g/mol. The van der Waals surface area contributed by atoms with E-state index in [-0.39, 0.29) is 10.6 Å². The molecule has 1 aliphatic heterocycles. The van der Waals surface area contributed by atoms with Gasteiger partial charge in [-0.15, -0.1) is 0 Å². The van der Waals surface area contributed by atoms with Crippen molar-refractivity contribution in [3.8, 4) is 0 Å². The van der Waals surface area contributed by atoms with E-state index in [1.54, 1.807) is 0 Å². The van der Waals surface area contributed by atoms with Crippen LogP contribution in [0.2, 0.25) is 18.1 Å². The normalized spacial score (nSPS) is 40.5. The van der Waals surface area contributed by atoms with E-state index in [0.29, 0.717) is 12.0 Å². The van der Waals surface area contributed by atoms with Crippen LogP contribution in [0.4, 0.5) is 0 Å². The van der Waals surface area contributed by atoms with E-state index in [9.17, 15) is 0 Å². The van der Waals surface area contributed by atoms with Crippen LogP contribution in [0.3, 0.4) is 0 Å². The molecule has 0 unspecified atom stereocenters. The fraction of sp³-hybridized carbons (Fsp3) is 1.00. The van der Waals surface area contributed by atoms with Gasteiger partial charge in [-0.1, -0.05) is 34.6 Å². The molecule has 106 valence electrons. The predicted molar refractivity (Wildman–Crippen MR) is 78.3 cm³/mol. The lowest BCUT2D eigenvalue weighted by Gasteiger charge is -2.41. The summed E-state index contributed by atoms with van der Waals surface area (Å²) < 4.78 is 12.9. The Morgan fingerprint density at radius 3 is 2.39 bits per heavy atom. The Morgan fingerprint density at radius 2 is 1.94 bits per heavy atom. The molecule has 0 amide bonds. The number of hydrogen-bond acceptors (Lipinski definition) is 2. The molecule has 2 aliphatic rings. The molecule has 1 saturated carbocycles. The van der Waals surface area contributed by atoms with Crippen LogP contribution < -0.4 is 0 Å². The summed E-state index contributed by atoms with van der Waals surface area (Å²) in [7, 11) is -1.69. The second-order valence-electron chi connectivity index (χ2n) is 7.87. The Hall–Kier alpha value is 0.137. The van der Waals surface area contributed by atoms with Gasteiger partial charge in [0.1, 0.15) is 0 Å². The van der Waals surface area contributed by atoms with Crippen molar-refractivity contribution in [3.63, 3.8) is 0 Å². The van der Waals surface area contributed by atoms with E-state index in [1.165, 1.54) is 6.42 Å². The van der Waals surface area contributed by atoms with Gasteiger partial charge in [-0.3, -0.25) is 0 Å². The summed E-state index contributed by atoms with van der Waals surface area (Å²) in [6.07, 6.45) is 2.62. The van der Waals surface area contributed by atoms with Gasteiger partial charge in [0, 0.05) is 5.92 Å². The van der Waals surface area contributed by atoms with E-state index in [4.69, 9.17) is 9.16 Å². The Bertz CT molecular complexity index is 321. The van der Waals surface area contributed by atoms with Crippen LogP contribution in [-0.2, 0) is 9.16 Å². The van der Waals surface area contributed by atoms with Gasteiger partial charge >= 0.3 is 0 Å². The van der Waals surface area contributed by atoms with Crippen LogP contribution in [0.5, 0.6) is 0 Å². The molecule has 2 nitrogen and oxygen atoms in total. The summed E-state index contributed by atoms with van der Waals surface area (Å²) in [5.74, 6) is 1.38. The molecule has 4 atom stereocenters. The van der Waals surface area contributed by atoms with E-state index < -0.39 is 8.32 Å². The van der Waals surface area contributed by atoms with Crippen molar-refractivity contribution in [2.45, 2.75) is 77.3 Å². The fourth-order valence-corrected chi connectivity index (χ4v) is 4.67. The lowest BCUT2D eigenvalue weighted by atomic mass is 9.96. The summed E-state index contributed by atoms with van der Waals surface area (Å²) >= 11 is 0. The van der Waals surface area contributed by atoms with E-state index >= 15 is 0 Å². The number of ether oxygens (including phenoxy) is 1. The first-order valence-electron chi connectivity index (χ1n) is 7.45. The SMILES string of the molecule is CC[C@@]12C[C@@H](C)[C@H](CO1)[C@@H]2O[Si](C)(C)C(C)(C)C. The highest BCUT2D eigenvalue weighted by atomic mass is 28.4. The van der Waals surface area contributed by atoms with Gasteiger partial charge in [-0.2, -0.15) is 0 Å². The lowest BCUT2D eigenvalue weighted by molar-refractivity contribution is -0.0618. The molecule has 2 fully saturated rings. The first-order chi connectivity index (χ1) is 8.13. The van der Waals surface area contributed by atoms with Crippen LogP contribution in [0.1, 0.15) is 47.5 Å². The maximum atomic E-state index is 6.73. The summed E-state index contributed by atoms with van der Waals surface area (Å²) in [5.41, 5.74) is 0.0274. The third-order valence-corrected chi connectivity index (χ3v) is 10.2. The molecule has 0 aromatic rings. The molecule has 18 heavy (non-hydrogen) atoms. The molecule has 1 saturated heterocycles. The molecule has 1 aliphatic carbocycles. The second kappa shape index (κ2) is 4.32. The first-order valence-corrected chi connectivity index (χ1v) is 10.4. The van der Waals surface area contributed by atoms with Gasteiger partial charge in [0.2, 0.25) is 0 Å². The number of fused-ring (bicyclic) bond motifs is 2. The first kappa shape index (κ1) is 14.5. The Labute approximate surface area is 114 Å². The molecule has 0 aromatic heterocycles. The molecule has 0 radical (unpaired) electrons. The van der Waals surface area contributed by atoms with Crippen molar-refractivity contribution in [2.75, 3.05) is 6.61 Å². The zero-order valence-corrected chi connectivity index (χ0v) is 14.2. The van der Waals surface area contributed by atoms with Crippen LogP contribution in [-0.4, -0.2) is 26.6 Å². The van der Waals surface area contributed by atoms with Gasteiger partial charge in [0.15, 0.2) is 8.32 Å². The number of hydrogen-bond donors (Lipinski definition) is 0. The van der Waals surface area contributed by atoms with Crippen molar-refractivity contribution >= 4 is 8.32 Å². The Morgan fingerprint density at radius 1 is 1.33 bits per heavy atom. The smallest absolute Gasteiger partial charge is 0.192 e. The zero-order valence-electron chi connectivity index (χ0n) is 13.2. The molecule has 2 bridgehead atoms. The highest BCUT2D eigenvalue weighted by molar-refractivity contribution is 6.74. The van der Waals surface area contributed by atoms with Gasteiger partial charge in [0.05, 0.1) is 18.3 Å². The maximum absolute atomic E-state index is 6.73. The van der Waals surface area contributed by atoms with Crippen molar-refractivity contribution in [3.05, 3.63) is 0 Å². The van der Waals surface area contributed by atoms with Crippen molar-refractivity contribution in [1.29, 1.82) is 0 Å². The predicted octanol–water partition coefficient (Wildman–Crippen LogP) is 4.21. The second-order valence-corrected chi connectivity index (χ2v) is 12.6. The number of rotatable bonds is 3. The summed E-state index contributed by atoms with van der Waals surface area (Å²) in [6.45, 7) is 17.2. The molecule has 0 spiro atoms. The molecule has 2 rings (SSSR count). The molecular weight excluding hydrogens is 240 g/mol. The molecule has 0 N–H and O–H groups in total. The molecule has 1 heterocycles. The van der Waals surface area contributed by atoms with Crippen molar-refractivity contribution < 1.29 is 9.16 Å². The van der Waals surface area contributed by atoms with Crippen molar-refractivity contribution in [1.82, 2.24) is 0 Å². The van der Waals surface area contributed by atoms with Crippen LogP contribution in [0.25, 0.3) is 0 Å². The van der Waals surface area contributed by atoms with Gasteiger partial charge in [-0.25, -0.2) is 0 Å². The van der Waals surface area contributed by atoms with Gasteiger partial charge in [0.25, 0.3) is 0 Å². The van der Waals surface area contributed by atoms with Crippen LogP contribution >= 0.6 is 0 Å². The Balaban J connectivity index is 2.20.